The Hall–Kier alpha value is -1.35. The second kappa shape index (κ2) is 7.60. The third-order valence-corrected chi connectivity index (χ3v) is 4.69. The summed E-state index contributed by atoms with van der Waals surface area (Å²) in [5.74, 6) is 0.180. The lowest BCUT2D eigenvalue weighted by atomic mass is 9.90. The Morgan fingerprint density at radius 3 is 2.48 bits per heavy atom. The van der Waals surface area contributed by atoms with Crippen LogP contribution >= 0.6 is 0 Å². The van der Waals surface area contributed by atoms with Crippen LogP contribution in [-0.2, 0) is 6.42 Å². The van der Waals surface area contributed by atoms with Gasteiger partial charge in [-0.25, -0.2) is 0 Å². The van der Waals surface area contributed by atoms with E-state index in [4.69, 9.17) is 0 Å². The maximum atomic E-state index is 12.7. The van der Waals surface area contributed by atoms with Crippen molar-refractivity contribution in [2.45, 2.75) is 58.0 Å². The van der Waals surface area contributed by atoms with Gasteiger partial charge in [-0.1, -0.05) is 32.0 Å². The minimum Gasteiger partial charge on any atom is -0.339 e. The zero-order chi connectivity index (χ0) is 15.2. The summed E-state index contributed by atoms with van der Waals surface area (Å²) in [6, 6.07) is 9.01. The second-order valence-corrected chi connectivity index (χ2v) is 5.99. The number of carbonyl (C=O) groups is 1. The first-order valence-corrected chi connectivity index (χ1v) is 8.25. The fraction of sp³-hybridized carbons (Fsp3) is 0.611. The summed E-state index contributed by atoms with van der Waals surface area (Å²) in [4.78, 5) is 14.7. The molecule has 1 fully saturated rings. The maximum absolute atomic E-state index is 12.7. The van der Waals surface area contributed by atoms with Gasteiger partial charge < -0.3 is 10.2 Å². The second-order valence-electron chi connectivity index (χ2n) is 5.99. The molecule has 1 aliphatic carbocycles. The fourth-order valence-corrected chi connectivity index (χ4v) is 3.35. The van der Waals surface area contributed by atoms with E-state index in [1.54, 1.807) is 0 Å². The van der Waals surface area contributed by atoms with Crippen LogP contribution in [0.5, 0.6) is 0 Å². The molecule has 21 heavy (non-hydrogen) atoms. The number of aryl methyl sites for hydroxylation is 1. The van der Waals surface area contributed by atoms with E-state index in [9.17, 15) is 4.79 Å². The molecule has 116 valence electrons. The van der Waals surface area contributed by atoms with Gasteiger partial charge in [-0.15, -0.1) is 0 Å². The fourth-order valence-electron chi connectivity index (χ4n) is 3.35. The molecular formula is C18H28N2O. The molecule has 0 radical (unpaired) electrons. The van der Waals surface area contributed by atoms with Crippen molar-refractivity contribution in [3.63, 3.8) is 0 Å². The molecule has 1 N–H and O–H groups in total. The van der Waals surface area contributed by atoms with Crippen molar-refractivity contribution < 1.29 is 4.79 Å². The molecule has 0 spiro atoms. The molecular weight excluding hydrogens is 260 g/mol. The highest BCUT2D eigenvalue weighted by atomic mass is 16.2. The molecule has 0 atom stereocenters. The molecule has 0 saturated heterocycles. The van der Waals surface area contributed by atoms with Gasteiger partial charge in [0.05, 0.1) is 0 Å². The highest BCUT2D eigenvalue weighted by Gasteiger charge is 2.27. The standard InChI is InChI=1S/C18H28N2O/c1-4-14-8-6-7-9-17(14)18(21)20(3)16-12-10-15(11-13-16)19-5-2/h6-9,15-16,19H,4-5,10-13H2,1-3H3. The molecule has 1 aliphatic rings. The molecule has 1 amide bonds. The Morgan fingerprint density at radius 1 is 1.19 bits per heavy atom. The van der Waals surface area contributed by atoms with Crippen molar-refractivity contribution in [1.82, 2.24) is 10.2 Å². The highest BCUT2D eigenvalue weighted by molar-refractivity contribution is 5.95. The van der Waals surface area contributed by atoms with E-state index >= 15 is 0 Å². The van der Waals surface area contributed by atoms with Crippen molar-refractivity contribution in [2.75, 3.05) is 13.6 Å². The van der Waals surface area contributed by atoms with Crippen LogP contribution in [0.3, 0.4) is 0 Å². The van der Waals surface area contributed by atoms with Crippen LogP contribution in [0.15, 0.2) is 24.3 Å². The van der Waals surface area contributed by atoms with Crippen LogP contribution in [0, 0.1) is 0 Å². The molecule has 0 heterocycles. The van der Waals surface area contributed by atoms with Crippen molar-refractivity contribution in [3.8, 4) is 0 Å². The van der Waals surface area contributed by atoms with Gasteiger partial charge in [0.1, 0.15) is 0 Å². The molecule has 0 bridgehead atoms. The Bertz CT molecular complexity index is 464. The predicted molar refractivity (Wildman–Crippen MR) is 87.6 cm³/mol. The molecule has 3 heteroatoms. The van der Waals surface area contributed by atoms with Crippen molar-refractivity contribution in [2.24, 2.45) is 0 Å². The lowest BCUT2D eigenvalue weighted by Gasteiger charge is -2.35. The van der Waals surface area contributed by atoms with Gasteiger partial charge in [-0.3, -0.25) is 4.79 Å². The number of amides is 1. The van der Waals surface area contributed by atoms with Gasteiger partial charge in [-0.2, -0.15) is 0 Å². The van der Waals surface area contributed by atoms with Crippen LogP contribution < -0.4 is 5.32 Å². The Balaban J connectivity index is 2.00. The number of carbonyl (C=O) groups excluding carboxylic acids is 1. The van der Waals surface area contributed by atoms with Gasteiger partial charge in [0, 0.05) is 24.7 Å². The van der Waals surface area contributed by atoms with Crippen molar-refractivity contribution >= 4 is 5.91 Å². The monoisotopic (exact) mass is 288 g/mol. The van der Waals surface area contributed by atoms with Gasteiger partial charge in [0.15, 0.2) is 0 Å². The summed E-state index contributed by atoms with van der Waals surface area (Å²) >= 11 is 0. The SMILES string of the molecule is CCNC1CCC(N(C)C(=O)c2ccccc2CC)CC1. The van der Waals surface area contributed by atoms with E-state index < -0.39 is 0 Å². The molecule has 0 aliphatic heterocycles. The number of hydrogen-bond donors (Lipinski definition) is 1. The van der Waals surface area contributed by atoms with Crippen LogP contribution in [0.1, 0.15) is 55.5 Å². The van der Waals surface area contributed by atoms with Gasteiger partial charge in [-0.05, 0) is 50.3 Å². The molecule has 2 rings (SSSR count). The van der Waals surface area contributed by atoms with E-state index in [0.29, 0.717) is 12.1 Å². The van der Waals surface area contributed by atoms with E-state index in [0.717, 1.165) is 36.9 Å². The minimum absolute atomic E-state index is 0.180. The summed E-state index contributed by atoms with van der Waals surface area (Å²) in [6.45, 7) is 5.30. The minimum atomic E-state index is 0.180. The zero-order valence-electron chi connectivity index (χ0n) is 13.6. The molecule has 0 unspecified atom stereocenters. The smallest absolute Gasteiger partial charge is 0.254 e. The summed E-state index contributed by atoms with van der Waals surface area (Å²) in [6.07, 6.45) is 5.46. The first-order valence-electron chi connectivity index (χ1n) is 8.25. The summed E-state index contributed by atoms with van der Waals surface area (Å²) in [5.41, 5.74) is 2.02. The number of benzene rings is 1. The maximum Gasteiger partial charge on any atom is 0.254 e. The Kier molecular flexibility index (Phi) is 5.80. The van der Waals surface area contributed by atoms with E-state index in [2.05, 4.69) is 25.2 Å². The van der Waals surface area contributed by atoms with E-state index in [1.165, 1.54) is 12.8 Å². The zero-order valence-corrected chi connectivity index (χ0v) is 13.6. The molecule has 0 aromatic heterocycles. The normalized spacial score (nSPS) is 22.0. The van der Waals surface area contributed by atoms with Gasteiger partial charge >= 0.3 is 0 Å². The van der Waals surface area contributed by atoms with Crippen molar-refractivity contribution in [3.05, 3.63) is 35.4 Å². The van der Waals surface area contributed by atoms with Crippen LogP contribution in [0.4, 0.5) is 0 Å². The summed E-state index contributed by atoms with van der Waals surface area (Å²) < 4.78 is 0. The lowest BCUT2D eigenvalue weighted by molar-refractivity contribution is 0.0683. The van der Waals surface area contributed by atoms with Crippen molar-refractivity contribution in [1.29, 1.82) is 0 Å². The quantitative estimate of drug-likeness (QED) is 0.902. The molecule has 1 aromatic carbocycles. The molecule has 1 saturated carbocycles. The molecule has 3 nitrogen and oxygen atoms in total. The highest BCUT2D eigenvalue weighted by Crippen LogP contribution is 2.24. The van der Waals surface area contributed by atoms with Crippen LogP contribution in [-0.4, -0.2) is 36.5 Å². The average molecular weight is 288 g/mol. The van der Waals surface area contributed by atoms with Crippen LogP contribution in [0.2, 0.25) is 0 Å². The first-order chi connectivity index (χ1) is 10.2. The van der Waals surface area contributed by atoms with Gasteiger partial charge in [0.2, 0.25) is 0 Å². The number of hydrogen-bond acceptors (Lipinski definition) is 2. The molecule has 1 aromatic rings. The topological polar surface area (TPSA) is 32.3 Å². The average Bonchev–Trinajstić information content (AvgIpc) is 2.54. The largest absolute Gasteiger partial charge is 0.339 e. The number of rotatable bonds is 5. The third-order valence-electron chi connectivity index (χ3n) is 4.69. The Morgan fingerprint density at radius 2 is 1.86 bits per heavy atom. The number of nitrogens with one attached hydrogen (secondary N) is 1. The van der Waals surface area contributed by atoms with Crippen LogP contribution in [0.25, 0.3) is 0 Å². The summed E-state index contributed by atoms with van der Waals surface area (Å²) in [7, 11) is 1.97. The first kappa shape index (κ1) is 16.0. The lowest BCUT2D eigenvalue weighted by Crippen LogP contribution is -2.43. The number of nitrogens with zero attached hydrogens (tertiary/aromatic N) is 1. The Labute approximate surface area is 128 Å². The third kappa shape index (κ3) is 3.85. The summed E-state index contributed by atoms with van der Waals surface area (Å²) in [5, 5.41) is 3.52. The van der Waals surface area contributed by atoms with E-state index in [1.807, 2.05) is 30.1 Å². The van der Waals surface area contributed by atoms with Gasteiger partial charge in [0.25, 0.3) is 5.91 Å². The van der Waals surface area contributed by atoms with E-state index in [-0.39, 0.29) is 5.91 Å². The predicted octanol–water partition coefficient (Wildman–Crippen LogP) is 3.24.